The number of aryl methyl sites for hydroxylation is 1. The minimum absolute atomic E-state index is 0.0735. The topological polar surface area (TPSA) is 134 Å². The maximum Gasteiger partial charge on any atom is 0.490 e. The van der Waals surface area contributed by atoms with Gasteiger partial charge in [-0.15, -0.1) is 0 Å². The molecule has 40 heavy (non-hydrogen) atoms. The lowest BCUT2D eigenvalue weighted by Gasteiger charge is -2.26. The van der Waals surface area contributed by atoms with Crippen molar-refractivity contribution < 1.29 is 44.7 Å². The first-order valence-electron chi connectivity index (χ1n) is 11.2. The van der Waals surface area contributed by atoms with E-state index in [2.05, 4.69) is 15.0 Å². The molecule has 1 aromatic heterocycles. The molecular weight excluding hydrogens is 596 g/mol. The van der Waals surface area contributed by atoms with Crippen LogP contribution in [0.3, 0.4) is 0 Å². The van der Waals surface area contributed by atoms with Gasteiger partial charge >= 0.3 is 22.4 Å². The number of carboxylic acids is 1. The Morgan fingerprint density at radius 3 is 2.33 bits per heavy atom. The van der Waals surface area contributed by atoms with Gasteiger partial charge in [0.15, 0.2) is 17.5 Å². The summed E-state index contributed by atoms with van der Waals surface area (Å²) in [6.07, 6.45) is -2.34. The predicted molar refractivity (Wildman–Crippen MR) is 131 cm³/mol. The molecule has 3 aromatic rings. The summed E-state index contributed by atoms with van der Waals surface area (Å²) in [4.78, 5) is 25.2. The Morgan fingerprint density at radius 2 is 1.77 bits per heavy atom. The van der Waals surface area contributed by atoms with Crippen LogP contribution in [0.4, 0.5) is 43.4 Å². The van der Waals surface area contributed by atoms with Crippen LogP contribution in [0.15, 0.2) is 29.3 Å². The molecule has 3 heterocycles. The van der Waals surface area contributed by atoms with Crippen molar-refractivity contribution in [3.63, 3.8) is 0 Å². The van der Waals surface area contributed by atoms with Gasteiger partial charge in [-0.1, -0.05) is 11.6 Å². The van der Waals surface area contributed by atoms with E-state index in [4.69, 9.17) is 21.5 Å². The van der Waals surface area contributed by atoms with Crippen molar-refractivity contribution in [1.29, 1.82) is 0 Å². The lowest BCUT2D eigenvalue weighted by molar-refractivity contribution is -0.192. The summed E-state index contributed by atoms with van der Waals surface area (Å²) in [6, 6.07) is 3.01. The molecule has 216 valence electrons. The Labute approximate surface area is 226 Å². The number of carbonyl (C=O) groups is 1. The summed E-state index contributed by atoms with van der Waals surface area (Å²) in [5.74, 6) is -6.34. The third-order valence-electron chi connectivity index (χ3n) is 6.29. The van der Waals surface area contributed by atoms with E-state index < -0.39 is 61.8 Å². The number of fused-ring (bicyclic) bond motifs is 2. The lowest BCUT2D eigenvalue weighted by atomic mass is 9.87. The molecule has 10 nitrogen and oxygen atoms in total. The molecule has 0 radical (unpaired) electrons. The number of anilines is 3. The normalized spacial score (nSPS) is 18.6. The van der Waals surface area contributed by atoms with E-state index in [9.17, 15) is 35.2 Å². The van der Waals surface area contributed by atoms with Gasteiger partial charge in [0.05, 0.1) is 33.9 Å². The number of nitrogens with zero attached hydrogens (tertiary/aromatic N) is 3. The Hall–Kier alpha value is -3.57. The number of halogens is 7. The van der Waals surface area contributed by atoms with Gasteiger partial charge in [0.1, 0.15) is 5.39 Å². The number of rotatable bonds is 5. The highest BCUT2D eigenvalue weighted by molar-refractivity contribution is 7.90. The second-order valence-electron chi connectivity index (χ2n) is 8.99. The first kappa shape index (κ1) is 29.4. The molecule has 0 unspecified atom stereocenters. The van der Waals surface area contributed by atoms with Crippen molar-refractivity contribution in [3.8, 4) is 0 Å². The van der Waals surface area contributed by atoms with E-state index in [0.29, 0.717) is 18.5 Å². The van der Waals surface area contributed by atoms with Gasteiger partial charge in [0, 0.05) is 25.7 Å². The third-order valence-corrected chi connectivity index (χ3v) is 8.22. The average molecular weight is 614 g/mol. The largest absolute Gasteiger partial charge is 0.490 e. The number of aromatic nitrogens is 2. The van der Waals surface area contributed by atoms with Crippen LogP contribution in [0.25, 0.3) is 10.9 Å². The smallest absolute Gasteiger partial charge is 0.475 e. The zero-order valence-corrected chi connectivity index (χ0v) is 21.6. The minimum atomic E-state index is -5.08. The van der Waals surface area contributed by atoms with Gasteiger partial charge in [0.2, 0.25) is 0 Å². The number of aliphatic carboxylic acids is 1. The summed E-state index contributed by atoms with van der Waals surface area (Å²) >= 11 is 6.21. The second kappa shape index (κ2) is 10.4. The fourth-order valence-electron chi connectivity index (χ4n) is 4.25. The molecule has 2 saturated heterocycles. The van der Waals surface area contributed by atoms with Gasteiger partial charge in [0.25, 0.3) is 5.56 Å². The highest BCUT2D eigenvalue weighted by Crippen LogP contribution is 2.43. The number of hydrogen-bond donors (Lipinski definition) is 3. The number of nitrogens with one attached hydrogen (secondary N) is 2. The summed E-state index contributed by atoms with van der Waals surface area (Å²) in [6.45, 7) is 0.345. The van der Waals surface area contributed by atoms with Gasteiger partial charge in [-0.2, -0.15) is 25.9 Å². The van der Waals surface area contributed by atoms with Crippen molar-refractivity contribution in [2.45, 2.75) is 25.1 Å². The minimum Gasteiger partial charge on any atom is -0.475 e. The summed E-state index contributed by atoms with van der Waals surface area (Å²) < 4.78 is 106. The predicted octanol–water partition coefficient (Wildman–Crippen LogP) is 4.13. The molecule has 0 amide bonds. The molecular formula is C22H18ClF6N5O5S. The van der Waals surface area contributed by atoms with Gasteiger partial charge in [-0.05, 0) is 30.9 Å². The zero-order chi connectivity index (χ0) is 29.7. The summed E-state index contributed by atoms with van der Waals surface area (Å²) in [5, 5.41) is 8.63. The lowest BCUT2D eigenvalue weighted by Crippen LogP contribution is -2.38. The molecule has 2 aliphatic heterocycles. The van der Waals surface area contributed by atoms with Crippen molar-refractivity contribution >= 4 is 55.7 Å². The van der Waals surface area contributed by atoms with Crippen LogP contribution in [0.2, 0.25) is 5.02 Å². The van der Waals surface area contributed by atoms with E-state index >= 15 is 4.39 Å². The van der Waals surface area contributed by atoms with Crippen molar-refractivity contribution in [1.82, 2.24) is 13.9 Å². The quantitative estimate of drug-likeness (QED) is 0.291. The molecule has 0 atom stereocenters. The van der Waals surface area contributed by atoms with E-state index in [1.807, 2.05) is 0 Å². The number of hydrogen-bond acceptors (Lipinski definition) is 6. The Bertz CT molecular complexity index is 1680. The first-order valence-corrected chi connectivity index (χ1v) is 13.0. The highest BCUT2D eigenvalue weighted by atomic mass is 35.5. The molecule has 3 N–H and O–H groups in total. The molecule has 18 heteroatoms. The molecule has 3 fully saturated rings. The van der Waals surface area contributed by atoms with Crippen molar-refractivity contribution in [3.05, 3.63) is 57.4 Å². The van der Waals surface area contributed by atoms with Crippen LogP contribution in [0, 0.1) is 23.4 Å². The Kier molecular flexibility index (Phi) is 7.68. The van der Waals surface area contributed by atoms with Crippen LogP contribution in [0.1, 0.15) is 12.8 Å². The molecule has 2 aromatic carbocycles. The molecule has 0 spiro atoms. The van der Waals surface area contributed by atoms with Gasteiger partial charge in [-0.3, -0.25) is 9.52 Å². The van der Waals surface area contributed by atoms with Crippen LogP contribution in [-0.4, -0.2) is 52.1 Å². The average Bonchev–Trinajstić information content (AvgIpc) is 3.46. The van der Waals surface area contributed by atoms with Crippen molar-refractivity contribution in [2.75, 3.05) is 16.6 Å². The van der Waals surface area contributed by atoms with Crippen LogP contribution in [0.5, 0.6) is 0 Å². The molecule has 6 rings (SSSR count). The highest BCUT2D eigenvalue weighted by Gasteiger charge is 2.48. The van der Waals surface area contributed by atoms with E-state index in [0.717, 1.165) is 17.4 Å². The van der Waals surface area contributed by atoms with Crippen LogP contribution < -0.4 is 15.6 Å². The number of benzene rings is 2. The molecule has 3 aliphatic rings. The Balaban J connectivity index is 0.000000470. The molecule has 1 saturated carbocycles. The number of carboxylic acid groups (broad SMARTS) is 1. The zero-order valence-electron chi connectivity index (χ0n) is 20.1. The standard InChI is InChI=1S/C20H17ClF3N5O3S.C2HF3O2/c1-28-8-25-12-2-3-13(18(24)15(12)20(28)30)26-19-16(21)14(6-11(22)17(19)23)27-33(31,32)29-7-9-4-10(29)5-9;3-2(4,5)1(6)7/h2-3,6,8-10,26-27H,4-5,7H2,1H3;(H,6,7). The maximum atomic E-state index is 15.1. The van der Waals surface area contributed by atoms with Crippen LogP contribution in [-0.2, 0) is 22.1 Å². The maximum absolute atomic E-state index is 15.1. The van der Waals surface area contributed by atoms with Gasteiger partial charge < -0.3 is 15.0 Å². The summed E-state index contributed by atoms with van der Waals surface area (Å²) in [5.41, 5.74) is -2.05. The molecule has 1 aliphatic carbocycles. The fraction of sp³-hybridized carbons (Fsp3) is 0.318. The number of alkyl halides is 3. The van der Waals surface area contributed by atoms with E-state index in [1.165, 1.54) is 29.8 Å². The van der Waals surface area contributed by atoms with E-state index in [1.54, 1.807) is 0 Å². The van der Waals surface area contributed by atoms with Gasteiger partial charge in [-0.25, -0.2) is 22.9 Å². The van der Waals surface area contributed by atoms with Crippen LogP contribution >= 0.6 is 11.6 Å². The SMILES string of the molecule is Cn1cnc2ccc(Nc3c(F)c(F)cc(NS(=O)(=O)N4CC5CC4C5)c3Cl)c(F)c2c1=O.O=C(O)C(F)(F)F. The monoisotopic (exact) mass is 613 g/mol. The van der Waals surface area contributed by atoms with Crippen molar-refractivity contribution in [2.24, 2.45) is 13.0 Å². The fourth-order valence-corrected chi connectivity index (χ4v) is 6.07. The van der Waals surface area contributed by atoms with E-state index in [-0.39, 0.29) is 22.6 Å². The first-order chi connectivity index (χ1) is 18.5. The summed E-state index contributed by atoms with van der Waals surface area (Å²) in [7, 11) is -2.67. The second-order valence-corrected chi connectivity index (χ2v) is 11.0. The Morgan fingerprint density at radius 1 is 1.15 bits per heavy atom. The third kappa shape index (κ3) is 5.53. The molecule has 2 bridgehead atoms.